The number of nitrogens with two attached hydrogens (primary N) is 1. The summed E-state index contributed by atoms with van der Waals surface area (Å²) in [5, 5.41) is 4.93. The van der Waals surface area contributed by atoms with Gasteiger partial charge in [0.25, 0.3) is 0 Å². The highest BCUT2D eigenvalue weighted by Gasteiger charge is 2.33. The first-order valence-electron chi connectivity index (χ1n) is 9.43. The number of carbonyl (C=O) groups excluding carboxylic acids is 3. The number of amides is 3. The number of benzene rings is 2. The summed E-state index contributed by atoms with van der Waals surface area (Å²) >= 11 is 0. The molecule has 31 heavy (non-hydrogen) atoms. The van der Waals surface area contributed by atoms with E-state index in [1.165, 1.54) is 47.4 Å². The summed E-state index contributed by atoms with van der Waals surface area (Å²) in [6, 6.07) is 9.89. The molecule has 0 radical (unpaired) electrons. The Kier molecular flexibility index (Phi) is 7.76. The van der Waals surface area contributed by atoms with Crippen LogP contribution in [0.2, 0.25) is 0 Å². The second kappa shape index (κ2) is 10.1. The van der Waals surface area contributed by atoms with E-state index in [0.29, 0.717) is 12.2 Å². The topological polar surface area (TPSA) is 105 Å². The Bertz CT molecular complexity index is 946. The van der Waals surface area contributed by atoms with Gasteiger partial charge in [-0.05, 0) is 49.9 Å². The number of hydrogen-bond acceptors (Lipinski definition) is 4. The predicted molar refractivity (Wildman–Crippen MR) is 110 cm³/mol. The Hall–Kier alpha value is -3.40. The van der Waals surface area contributed by atoms with Gasteiger partial charge >= 0.3 is 6.18 Å². The Balaban J connectivity index is 2.02. The van der Waals surface area contributed by atoms with Gasteiger partial charge in [0.05, 0.1) is 23.8 Å². The lowest BCUT2D eigenvalue weighted by Gasteiger charge is -2.26. The number of carbonyl (C=O) groups is 3. The first-order valence-corrected chi connectivity index (χ1v) is 9.43. The molecule has 0 bridgehead atoms. The fourth-order valence-electron chi connectivity index (χ4n) is 2.87. The average molecular weight is 436 g/mol. The molecule has 0 aliphatic carbocycles. The van der Waals surface area contributed by atoms with Crippen LogP contribution < -0.4 is 16.4 Å². The molecule has 166 valence electrons. The largest absolute Gasteiger partial charge is 0.418 e. The van der Waals surface area contributed by atoms with Crippen molar-refractivity contribution in [3.8, 4) is 0 Å². The molecule has 10 heteroatoms. The molecule has 2 rings (SSSR count). The van der Waals surface area contributed by atoms with Gasteiger partial charge in [-0.1, -0.05) is 19.1 Å². The third-order valence-electron chi connectivity index (χ3n) is 4.62. The molecule has 0 fully saturated rings. The Labute approximate surface area is 177 Å². The van der Waals surface area contributed by atoms with Crippen molar-refractivity contribution >= 4 is 29.1 Å². The van der Waals surface area contributed by atoms with Gasteiger partial charge in [-0.15, -0.1) is 0 Å². The van der Waals surface area contributed by atoms with Gasteiger partial charge in [0.1, 0.15) is 0 Å². The molecule has 0 spiro atoms. The maximum atomic E-state index is 13.1. The molecule has 0 aliphatic rings. The lowest BCUT2D eigenvalue weighted by atomic mass is 10.1. The van der Waals surface area contributed by atoms with E-state index in [1.54, 1.807) is 13.8 Å². The average Bonchev–Trinajstić information content (AvgIpc) is 2.71. The highest BCUT2D eigenvalue weighted by atomic mass is 19.4. The van der Waals surface area contributed by atoms with Crippen LogP contribution in [0.5, 0.6) is 0 Å². The van der Waals surface area contributed by atoms with Gasteiger partial charge in [0.15, 0.2) is 0 Å². The zero-order valence-corrected chi connectivity index (χ0v) is 17.0. The van der Waals surface area contributed by atoms with E-state index in [9.17, 15) is 27.6 Å². The van der Waals surface area contributed by atoms with Crippen LogP contribution in [-0.2, 0) is 15.8 Å². The number of para-hydroxylation sites is 1. The second-order valence-corrected chi connectivity index (χ2v) is 6.76. The summed E-state index contributed by atoms with van der Waals surface area (Å²) in [6.45, 7) is 3.33. The fourth-order valence-corrected chi connectivity index (χ4v) is 2.87. The zero-order chi connectivity index (χ0) is 23.2. The molecule has 1 atom stereocenters. The smallest absolute Gasteiger partial charge is 0.366 e. The second-order valence-electron chi connectivity index (χ2n) is 6.76. The molecule has 3 amide bonds. The van der Waals surface area contributed by atoms with Crippen LogP contribution in [0.25, 0.3) is 0 Å². The quantitative estimate of drug-likeness (QED) is 0.592. The molecule has 1 unspecified atom stereocenters. The minimum Gasteiger partial charge on any atom is -0.366 e. The lowest BCUT2D eigenvalue weighted by Crippen LogP contribution is -2.45. The Morgan fingerprint density at radius 2 is 1.65 bits per heavy atom. The van der Waals surface area contributed by atoms with Crippen molar-refractivity contribution < 1.29 is 27.6 Å². The molecular weight excluding hydrogens is 413 g/mol. The van der Waals surface area contributed by atoms with Crippen molar-refractivity contribution in [2.45, 2.75) is 26.1 Å². The first-order chi connectivity index (χ1) is 14.5. The van der Waals surface area contributed by atoms with Crippen LogP contribution >= 0.6 is 0 Å². The van der Waals surface area contributed by atoms with E-state index in [2.05, 4.69) is 10.6 Å². The monoisotopic (exact) mass is 436 g/mol. The fraction of sp³-hybridized carbons (Fsp3) is 0.286. The van der Waals surface area contributed by atoms with E-state index in [0.717, 1.165) is 6.07 Å². The van der Waals surface area contributed by atoms with Gasteiger partial charge in [-0.25, -0.2) is 0 Å². The number of hydrogen-bond donors (Lipinski definition) is 3. The summed E-state index contributed by atoms with van der Waals surface area (Å²) in [6.07, 6.45) is -4.61. The van der Waals surface area contributed by atoms with Crippen LogP contribution in [0.3, 0.4) is 0 Å². The maximum absolute atomic E-state index is 13.1. The summed E-state index contributed by atoms with van der Waals surface area (Å²) in [7, 11) is 0. The lowest BCUT2D eigenvalue weighted by molar-refractivity contribution is -0.137. The van der Waals surface area contributed by atoms with Gasteiger partial charge in [-0.3, -0.25) is 19.3 Å². The first kappa shape index (κ1) is 23.9. The summed E-state index contributed by atoms with van der Waals surface area (Å²) in [5.41, 5.74) is 4.60. The maximum Gasteiger partial charge on any atom is 0.418 e. The third-order valence-corrected chi connectivity index (χ3v) is 4.62. The van der Waals surface area contributed by atoms with E-state index < -0.39 is 35.5 Å². The van der Waals surface area contributed by atoms with Gasteiger partial charge in [0, 0.05) is 11.3 Å². The van der Waals surface area contributed by atoms with E-state index in [4.69, 9.17) is 5.73 Å². The molecule has 2 aromatic rings. The van der Waals surface area contributed by atoms with Crippen molar-refractivity contribution in [1.82, 2.24) is 4.90 Å². The Morgan fingerprint density at radius 1 is 1.03 bits per heavy atom. The minimum absolute atomic E-state index is 0.280. The zero-order valence-electron chi connectivity index (χ0n) is 17.0. The van der Waals surface area contributed by atoms with Crippen molar-refractivity contribution in [2.75, 3.05) is 23.7 Å². The van der Waals surface area contributed by atoms with Crippen molar-refractivity contribution in [1.29, 1.82) is 0 Å². The number of rotatable bonds is 8. The number of nitrogens with zero attached hydrogens (tertiary/aromatic N) is 1. The molecule has 0 aliphatic heterocycles. The number of halogens is 3. The number of anilines is 2. The summed E-state index contributed by atoms with van der Waals surface area (Å²) in [4.78, 5) is 37.5. The molecule has 2 aromatic carbocycles. The van der Waals surface area contributed by atoms with Crippen LogP contribution in [-0.4, -0.2) is 41.8 Å². The normalized spacial score (nSPS) is 12.3. The summed E-state index contributed by atoms with van der Waals surface area (Å²) < 4.78 is 39.3. The number of alkyl halides is 3. The molecule has 0 aromatic heterocycles. The van der Waals surface area contributed by atoms with Crippen LogP contribution in [0.15, 0.2) is 48.5 Å². The molecule has 0 saturated carbocycles. The van der Waals surface area contributed by atoms with Crippen molar-refractivity contribution in [2.24, 2.45) is 5.73 Å². The van der Waals surface area contributed by atoms with Crippen LogP contribution in [0.4, 0.5) is 24.5 Å². The molecular formula is C21H23F3N4O3. The molecule has 4 N–H and O–H groups in total. The highest BCUT2D eigenvalue weighted by Crippen LogP contribution is 2.34. The van der Waals surface area contributed by atoms with Gasteiger partial charge in [0.2, 0.25) is 17.7 Å². The minimum atomic E-state index is -4.61. The van der Waals surface area contributed by atoms with Crippen molar-refractivity contribution in [3.05, 3.63) is 59.7 Å². The number of likely N-dealkylation sites (N-methyl/N-ethyl adjacent to an activating group) is 1. The van der Waals surface area contributed by atoms with Crippen LogP contribution in [0.1, 0.15) is 29.8 Å². The van der Waals surface area contributed by atoms with Crippen LogP contribution in [0, 0.1) is 0 Å². The van der Waals surface area contributed by atoms with E-state index in [-0.39, 0.29) is 17.8 Å². The predicted octanol–water partition coefficient (Wildman–Crippen LogP) is 3.09. The van der Waals surface area contributed by atoms with Gasteiger partial charge < -0.3 is 16.4 Å². The molecule has 7 nitrogen and oxygen atoms in total. The molecule has 0 saturated heterocycles. The van der Waals surface area contributed by atoms with Gasteiger partial charge in [-0.2, -0.15) is 13.2 Å². The van der Waals surface area contributed by atoms with E-state index >= 15 is 0 Å². The number of nitrogens with one attached hydrogen (secondary N) is 2. The third kappa shape index (κ3) is 6.54. The highest BCUT2D eigenvalue weighted by molar-refractivity contribution is 5.97. The number of primary amides is 1. The van der Waals surface area contributed by atoms with E-state index in [1.807, 2.05) is 0 Å². The molecule has 0 heterocycles. The Morgan fingerprint density at radius 3 is 2.19 bits per heavy atom. The SMILES string of the molecule is CCN(CC(=O)Nc1ccccc1C(F)(F)F)C(C)C(=O)Nc1ccc(C(N)=O)cc1. The standard InChI is InChI=1S/C21H23F3N4O3/c1-3-28(12-18(29)27-17-7-5-4-6-16(17)21(22,23)24)13(2)20(31)26-15-10-8-14(9-11-15)19(25)30/h4-11,13H,3,12H2,1-2H3,(H2,25,30)(H,26,31)(H,27,29). The summed E-state index contributed by atoms with van der Waals surface area (Å²) in [5.74, 6) is -1.69. The van der Waals surface area contributed by atoms with Crippen molar-refractivity contribution in [3.63, 3.8) is 0 Å².